The van der Waals surface area contributed by atoms with Crippen LogP contribution in [0.25, 0.3) is 6.08 Å². The van der Waals surface area contributed by atoms with Crippen molar-refractivity contribution in [1.29, 1.82) is 0 Å². The van der Waals surface area contributed by atoms with E-state index in [9.17, 15) is 4.79 Å². The van der Waals surface area contributed by atoms with Crippen molar-refractivity contribution in [2.75, 3.05) is 14.2 Å². The molecule has 28 heavy (non-hydrogen) atoms. The molecule has 0 radical (unpaired) electrons. The summed E-state index contributed by atoms with van der Waals surface area (Å²) in [6, 6.07) is 25.7. The third kappa shape index (κ3) is 4.89. The van der Waals surface area contributed by atoms with Crippen molar-refractivity contribution in [3.63, 3.8) is 0 Å². The lowest BCUT2D eigenvalue weighted by atomic mass is 9.87. The van der Waals surface area contributed by atoms with Crippen molar-refractivity contribution in [3.8, 4) is 11.5 Å². The average Bonchev–Trinajstić information content (AvgIpc) is 2.77. The molecule has 3 rings (SSSR count). The summed E-state index contributed by atoms with van der Waals surface area (Å²) in [5.41, 5.74) is 3.09. The molecule has 0 aliphatic heterocycles. The Morgan fingerprint density at radius 1 is 0.821 bits per heavy atom. The smallest absolute Gasteiger partial charge is 0.156 e. The molecule has 1 atom stereocenters. The zero-order valence-corrected chi connectivity index (χ0v) is 16.2. The van der Waals surface area contributed by atoms with Gasteiger partial charge in [-0.3, -0.25) is 4.79 Å². The lowest BCUT2D eigenvalue weighted by Gasteiger charge is -2.17. The summed E-state index contributed by atoms with van der Waals surface area (Å²) in [5, 5.41) is 0. The van der Waals surface area contributed by atoms with Crippen LogP contribution in [0.2, 0.25) is 0 Å². The summed E-state index contributed by atoms with van der Waals surface area (Å²) in [7, 11) is 3.28. The third-order valence-electron chi connectivity index (χ3n) is 4.71. The molecule has 0 spiro atoms. The minimum Gasteiger partial charge on any atom is -0.497 e. The van der Waals surface area contributed by atoms with Gasteiger partial charge in [-0.05, 0) is 41.5 Å². The Hall–Kier alpha value is -3.33. The molecular formula is C25H24O3. The van der Waals surface area contributed by atoms with Crippen LogP contribution in [0.3, 0.4) is 0 Å². The predicted octanol–water partition coefficient (Wildman–Crippen LogP) is 5.51. The van der Waals surface area contributed by atoms with Crippen LogP contribution in [0, 0.1) is 0 Å². The number of allylic oxidation sites excluding steroid dienone is 1. The van der Waals surface area contributed by atoms with Crippen LogP contribution in [-0.4, -0.2) is 20.0 Å². The minimum atomic E-state index is -0.0121. The fourth-order valence-corrected chi connectivity index (χ4v) is 3.21. The Morgan fingerprint density at radius 2 is 1.46 bits per heavy atom. The van der Waals surface area contributed by atoms with Crippen molar-refractivity contribution >= 4 is 11.9 Å². The van der Waals surface area contributed by atoms with E-state index in [2.05, 4.69) is 12.1 Å². The fourth-order valence-electron chi connectivity index (χ4n) is 3.21. The average molecular weight is 372 g/mol. The monoisotopic (exact) mass is 372 g/mol. The maximum Gasteiger partial charge on any atom is 0.156 e. The maximum atomic E-state index is 12.7. The van der Waals surface area contributed by atoms with Gasteiger partial charge in [-0.25, -0.2) is 0 Å². The Bertz CT molecular complexity index is 928. The van der Waals surface area contributed by atoms with Crippen LogP contribution >= 0.6 is 0 Å². The van der Waals surface area contributed by atoms with E-state index in [0.717, 1.165) is 28.2 Å². The van der Waals surface area contributed by atoms with Crippen LogP contribution in [-0.2, 0) is 4.79 Å². The van der Waals surface area contributed by atoms with Gasteiger partial charge in [0.05, 0.1) is 14.2 Å². The van der Waals surface area contributed by atoms with Crippen molar-refractivity contribution in [2.24, 2.45) is 0 Å². The van der Waals surface area contributed by atoms with E-state index < -0.39 is 0 Å². The first-order valence-electron chi connectivity index (χ1n) is 9.24. The Morgan fingerprint density at radius 3 is 2.14 bits per heavy atom. The Labute approximate surface area is 166 Å². The molecule has 0 aliphatic carbocycles. The van der Waals surface area contributed by atoms with E-state index in [1.807, 2.05) is 72.8 Å². The number of rotatable bonds is 8. The number of ether oxygens (including phenoxy) is 2. The molecular weight excluding hydrogens is 348 g/mol. The van der Waals surface area contributed by atoms with Gasteiger partial charge in [0, 0.05) is 17.9 Å². The van der Waals surface area contributed by atoms with Gasteiger partial charge in [0.2, 0.25) is 0 Å². The van der Waals surface area contributed by atoms with E-state index in [-0.39, 0.29) is 11.7 Å². The molecule has 3 nitrogen and oxygen atoms in total. The molecule has 0 unspecified atom stereocenters. The standard InChI is InChI=1S/C25H24O3/c1-27-23-16-13-20(14-17-23)24(19-8-4-3-5-9-19)18-22(26)15-12-21-10-6-7-11-25(21)28-2/h3-17,24H,18H2,1-2H3/b15-12+/t24-/m1/s1. The summed E-state index contributed by atoms with van der Waals surface area (Å²) in [4.78, 5) is 12.7. The lowest BCUT2D eigenvalue weighted by Crippen LogP contribution is -2.07. The summed E-state index contributed by atoms with van der Waals surface area (Å²) in [6.07, 6.45) is 3.84. The maximum absolute atomic E-state index is 12.7. The number of ketones is 1. The highest BCUT2D eigenvalue weighted by Crippen LogP contribution is 2.30. The van der Waals surface area contributed by atoms with Gasteiger partial charge in [0.1, 0.15) is 11.5 Å². The van der Waals surface area contributed by atoms with Crippen LogP contribution in [0.4, 0.5) is 0 Å². The molecule has 0 amide bonds. The van der Waals surface area contributed by atoms with Crippen molar-refractivity contribution in [2.45, 2.75) is 12.3 Å². The highest BCUT2D eigenvalue weighted by atomic mass is 16.5. The molecule has 3 aromatic rings. The molecule has 3 aromatic carbocycles. The largest absolute Gasteiger partial charge is 0.497 e. The molecule has 0 aromatic heterocycles. The third-order valence-corrected chi connectivity index (χ3v) is 4.71. The normalized spacial score (nSPS) is 11.9. The predicted molar refractivity (Wildman–Crippen MR) is 113 cm³/mol. The zero-order chi connectivity index (χ0) is 19.8. The first kappa shape index (κ1) is 19.4. The van der Waals surface area contributed by atoms with Crippen molar-refractivity contribution in [1.82, 2.24) is 0 Å². The number of carbonyl (C=O) groups excluding carboxylic acids is 1. The Balaban J connectivity index is 1.82. The first-order chi connectivity index (χ1) is 13.7. The second kappa shape index (κ2) is 9.56. The van der Waals surface area contributed by atoms with Gasteiger partial charge in [-0.15, -0.1) is 0 Å². The summed E-state index contributed by atoms with van der Waals surface area (Å²) in [6.45, 7) is 0. The van der Waals surface area contributed by atoms with Gasteiger partial charge < -0.3 is 9.47 Å². The number of para-hydroxylation sites is 1. The molecule has 0 N–H and O–H groups in total. The van der Waals surface area contributed by atoms with Gasteiger partial charge in [-0.2, -0.15) is 0 Å². The minimum absolute atomic E-state index is 0.0121. The number of hydrogen-bond donors (Lipinski definition) is 0. The zero-order valence-electron chi connectivity index (χ0n) is 16.2. The van der Waals surface area contributed by atoms with Crippen LogP contribution < -0.4 is 9.47 Å². The molecule has 0 saturated heterocycles. The molecule has 3 heteroatoms. The summed E-state index contributed by atoms with van der Waals surface area (Å²) in [5.74, 6) is 1.61. The van der Waals surface area contributed by atoms with Crippen molar-refractivity contribution in [3.05, 3.63) is 102 Å². The summed E-state index contributed by atoms with van der Waals surface area (Å²) < 4.78 is 10.6. The quantitative estimate of drug-likeness (QED) is 0.489. The number of carbonyl (C=O) groups is 1. The van der Waals surface area contributed by atoms with Crippen LogP contribution in [0.15, 0.2) is 84.9 Å². The molecule has 0 aliphatic rings. The number of methoxy groups -OCH3 is 2. The molecule has 0 bridgehead atoms. The highest BCUT2D eigenvalue weighted by molar-refractivity contribution is 5.94. The van der Waals surface area contributed by atoms with Gasteiger partial charge >= 0.3 is 0 Å². The Kier molecular flexibility index (Phi) is 6.64. The van der Waals surface area contributed by atoms with E-state index in [1.165, 1.54) is 0 Å². The van der Waals surface area contributed by atoms with Gasteiger partial charge in [-0.1, -0.05) is 60.7 Å². The van der Waals surface area contributed by atoms with Crippen LogP contribution in [0.5, 0.6) is 11.5 Å². The lowest BCUT2D eigenvalue weighted by molar-refractivity contribution is -0.114. The molecule has 142 valence electrons. The van der Waals surface area contributed by atoms with E-state index in [1.54, 1.807) is 20.3 Å². The van der Waals surface area contributed by atoms with Crippen LogP contribution in [0.1, 0.15) is 29.0 Å². The van der Waals surface area contributed by atoms with Gasteiger partial charge in [0.15, 0.2) is 5.78 Å². The number of benzene rings is 3. The van der Waals surface area contributed by atoms with E-state index >= 15 is 0 Å². The summed E-state index contributed by atoms with van der Waals surface area (Å²) >= 11 is 0. The van der Waals surface area contributed by atoms with Gasteiger partial charge in [0.25, 0.3) is 0 Å². The molecule has 0 heterocycles. The molecule has 0 fully saturated rings. The first-order valence-corrected chi connectivity index (χ1v) is 9.24. The second-order valence-corrected chi connectivity index (χ2v) is 6.48. The van der Waals surface area contributed by atoms with E-state index in [4.69, 9.17) is 9.47 Å². The van der Waals surface area contributed by atoms with E-state index in [0.29, 0.717) is 6.42 Å². The fraction of sp³-hybridized carbons (Fsp3) is 0.160. The second-order valence-electron chi connectivity index (χ2n) is 6.48. The SMILES string of the molecule is COc1ccc([C@H](CC(=O)/C=C/c2ccccc2OC)c2ccccc2)cc1. The highest BCUT2D eigenvalue weighted by Gasteiger charge is 2.17. The number of hydrogen-bond acceptors (Lipinski definition) is 3. The topological polar surface area (TPSA) is 35.5 Å². The van der Waals surface area contributed by atoms with Crippen molar-refractivity contribution < 1.29 is 14.3 Å². The molecule has 0 saturated carbocycles.